The maximum Gasteiger partial charge on any atom is 0.236 e. The molecule has 154 valence electrons. The summed E-state index contributed by atoms with van der Waals surface area (Å²) in [6, 6.07) is 9.01. The Balaban J connectivity index is 1.65. The van der Waals surface area contributed by atoms with Crippen LogP contribution in [0.25, 0.3) is 22.3 Å². The number of aromatic nitrogens is 4. The molecule has 1 saturated carbocycles. The minimum atomic E-state index is -0.211. The predicted octanol–water partition coefficient (Wildman–Crippen LogP) is 4.89. The van der Waals surface area contributed by atoms with E-state index in [0.29, 0.717) is 6.04 Å². The number of nitrogens with one attached hydrogen (secondary N) is 1. The van der Waals surface area contributed by atoms with Gasteiger partial charge in [0, 0.05) is 40.8 Å². The van der Waals surface area contributed by atoms with Gasteiger partial charge in [-0.1, -0.05) is 30.0 Å². The molecule has 2 heterocycles. The third-order valence-electron chi connectivity index (χ3n) is 5.40. The van der Waals surface area contributed by atoms with Gasteiger partial charge in [0.2, 0.25) is 5.91 Å². The first-order valence-corrected chi connectivity index (χ1v) is 11.3. The van der Waals surface area contributed by atoms with Crippen LogP contribution in [0.3, 0.4) is 0 Å². The molecule has 0 spiro atoms. The molecular formula is C22H29N5OS. The summed E-state index contributed by atoms with van der Waals surface area (Å²) in [5, 5.41) is 10.8. The Morgan fingerprint density at radius 2 is 1.83 bits per heavy atom. The number of thioether (sulfide) groups is 1. The maximum atomic E-state index is 13.1. The highest BCUT2D eigenvalue weighted by Gasteiger charge is 2.33. The van der Waals surface area contributed by atoms with Crippen molar-refractivity contribution in [2.24, 2.45) is 0 Å². The first-order valence-electron chi connectivity index (χ1n) is 10.4. The van der Waals surface area contributed by atoms with Crippen molar-refractivity contribution >= 4 is 28.6 Å². The molecule has 0 radical (unpaired) electrons. The van der Waals surface area contributed by atoms with Crippen LogP contribution in [0.1, 0.15) is 53.5 Å². The van der Waals surface area contributed by atoms with Crippen molar-refractivity contribution in [1.29, 1.82) is 0 Å². The van der Waals surface area contributed by atoms with Crippen molar-refractivity contribution in [1.82, 2.24) is 24.6 Å². The van der Waals surface area contributed by atoms with Gasteiger partial charge in [-0.05, 0) is 53.5 Å². The Bertz CT molecular complexity index is 1010. The zero-order valence-corrected chi connectivity index (χ0v) is 18.5. The second-order valence-corrected chi connectivity index (χ2v) is 9.66. The summed E-state index contributed by atoms with van der Waals surface area (Å²) < 4.78 is 2.24. The van der Waals surface area contributed by atoms with E-state index < -0.39 is 0 Å². The molecule has 2 aromatic heterocycles. The Hall–Kier alpha value is -2.28. The van der Waals surface area contributed by atoms with Crippen molar-refractivity contribution in [3.63, 3.8) is 0 Å². The van der Waals surface area contributed by atoms with Crippen LogP contribution in [-0.4, -0.2) is 47.9 Å². The van der Waals surface area contributed by atoms with Gasteiger partial charge in [0.05, 0.1) is 5.25 Å². The van der Waals surface area contributed by atoms with Crippen molar-refractivity contribution < 1.29 is 4.79 Å². The topological polar surface area (TPSA) is 66.8 Å². The van der Waals surface area contributed by atoms with Gasteiger partial charge in [0.25, 0.3) is 0 Å². The Kier molecular flexibility index (Phi) is 5.42. The summed E-state index contributed by atoms with van der Waals surface area (Å²) in [5.41, 5.74) is 2.16. The molecule has 1 unspecified atom stereocenters. The van der Waals surface area contributed by atoms with E-state index in [0.717, 1.165) is 40.3 Å². The van der Waals surface area contributed by atoms with Gasteiger partial charge in [-0.3, -0.25) is 9.36 Å². The maximum absolute atomic E-state index is 13.1. The summed E-state index contributed by atoms with van der Waals surface area (Å²) >= 11 is 1.52. The molecular weight excluding hydrogens is 382 g/mol. The van der Waals surface area contributed by atoms with E-state index in [9.17, 15) is 4.79 Å². The molecule has 4 rings (SSSR count). The average Bonchev–Trinajstić information content (AvgIpc) is 3.29. The van der Waals surface area contributed by atoms with Crippen LogP contribution in [0.4, 0.5) is 0 Å². The molecule has 1 aromatic carbocycles. The number of hydrogen-bond acceptors (Lipinski definition) is 4. The number of amides is 1. The summed E-state index contributed by atoms with van der Waals surface area (Å²) in [4.78, 5) is 18.4. The number of fused-ring (bicyclic) bond motifs is 1. The van der Waals surface area contributed by atoms with Gasteiger partial charge in [-0.25, -0.2) is 0 Å². The summed E-state index contributed by atoms with van der Waals surface area (Å²) in [5.74, 6) is 1.04. The first-order chi connectivity index (χ1) is 13.9. The lowest BCUT2D eigenvalue weighted by molar-refractivity contribution is -0.133. The monoisotopic (exact) mass is 411 g/mol. The highest BCUT2D eigenvalue weighted by molar-refractivity contribution is 8.00. The number of carbonyl (C=O) groups is 1. The third kappa shape index (κ3) is 3.80. The lowest BCUT2D eigenvalue weighted by Gasteiger charge is -2.32. The highest BCUT2D eigenvalue weighted by atomic mass is 32.2. The van der Waals surface area contributed by atoms with Crippen molar-refractivity contribution in [3.8, 4) is 11.4 Å². The number of carbonyl (C=O) groups excluding carboxylic acids is 1. The SMILES string of the molecule is CC(Sc1nnc(-c2c[nH]c3ccccc23)n1C1CC1)C(=O)N(C(C)C)C(C)C. The highest BCUT2D eigenvalue weighted by Crippen LogP contribution is 2.43. The predicted molar refractivity (Wildman–Crippen MR) is 118 cm³/mol. The van der Waals surface area contributed by atoms with Crippen LogP contribution in [0.5, 0.6) is 0 Å². The second-order valence-electron chi connectivity index (χ2n) is 8.35. The van der Waals surface area contributed by atoms with Gasteiger partial charge in [-0.15, -0.1) is 10.2 Å². The van der Waals surface area contributed by atoms with E-state index in [1.54, 1.807) is 0 Å². The van der Waals surface area contributed by atoms with Crippen molar-refractivity contribution in [2.75, 3.05) is 0 Å². The fraction of sp³-hybridized carbons (Fsp3) is 0.500. The average molecular weight is 412 g/mol. The van der Waals surface area contributed by atoms with E-state index in [1.165, 1.54) is 11.8 Å². The van der Waals surface area contributed by atoms with E-state index in [4.69, 9.17) is 0 Å². The zero-order chi connectivity index (χ0) is 20.7. The van der Waals surface area contributed by atoms with Gasteiger partial charge < -0.3 is 9.88 Å². The molecule has 0 saturated heterocycles. The third-order valence-corrected chi connectivity index (χ3v) is 6.45. The molecule has 1 amide bonds. The molecule has 6 nitrogen and oxygen atoms in total. The van der Waals surface area contributed by atoms with Gasteiger partial charge in [-0.2, -0.15) is 0 Å². The molecule has 1 aliphatic rings. The van der Waals surface area contributed by atoms with Crippen LogP contribution >= 0.6 is 11.8 Å². The Morgan fingerprint density at radius 1 is 1.14 bits per heavy atom. The second kappa shape index (κ2) is 7.86. The van der Waals surface area contributed by atoms with Crippen LogP contribution in [0.2, 0.25) is 0 Å². The normalized spacial score (nSPS) is 15.4. The van der Waals surface area contributed by atoms with Crippen LogP contribution < -0.4 is 0 Å². The molecule has 29 heavy (non-hydrogen) atoms. The first kappa shape index (κ1) is 20.0. The number of para-hydroxylation sites is 1. The standard InChI is InChI=1S/C22H29N5OS/c1-13(2)26(14(3)4)21(28)15(5)29-22-25-24-20(27(22)16-10-11-16)18-12-23-19-9-7-6-8-17(18)19/h6-9,12-16,23H,10-11H2,1-5H3. The zero-order valence-electron chi connectivity index (χ0n) is 17.7. The van der Waals surface area contributed by atoms with Gasteiger partial charge in [0.15, 0.2) is 11.0 Å². The summed E-state index contributed by atoms with van der Waals surface area (Å²) in [7, 11) is 0. The largest absolute Gasteiger partial charge is 0.360 e. The van der Waals surface area contributed by atoms with Crippen LogP contribution in [0.15, 0.2) is 35.6 Å². The fourth-order valence-corrected chi connectivity index (χ4v) is 4.96. The lowest BCUT2D eigenvalue weighted by atomic mass is 10.1. The number of hydrogen-bond donors (Lipinski definition) is 1. The van der Waals surface area contributed by atoms with Gasteiger partial charge in [0.1, 0.15) is 0 Å². The molecule has 1 aliphatic carbocycles. The lowest BCUT2D eigenvalue weighted by Crippen LogP contribution is -2.45. The van der Waals surface area contributed by atoms with E-state index >= 15 is 0 Å². The molecule has 1 atom stereocenters. The quantitative estimate of drug-likeness (QED) is 0.562. The Labute approximate surface area is 176 Å². The van der Waals surface area contributed by atoms with E-state index in [-0.39, 0.29) is 23.2 Å². The number of benzene rings is 1. The van der Waals surface area contributed by atoms with Crippen molar-refractivity contribution in [3.05, 3.63) is 30.5 Å². The number of H-pyrrole nitrogens is 1. The molecule has 7 heteroatoms. The van der Waals surface area contributed by atoms with Crippen LogP contribution in [0, 0.1) is 0 Å². The molecule has 0 aliphatic heterocycles. The summed E-state index contributed by atoms with van der Waals surface area (Å²) in [6.07, 6.45) is 4.27. The number of rotatable bonds is 7. The fourth-order valence-electron chi connectivity index (χ4n) is 3.98. The minimum absolute atomic E-state index is 0.152. The molecule has 0 bridgehead atoms. The Morgan fingerprint density at radius 3 is 2.48 bits per heavy atom. The van der Waals surface area contributed by atoms with Crippen molar-refractivity contribution in [2.45, 2.75) is 76.0 Å². The minimum Gasteiger partial charge on any atom is -0.360 e. The van der Waals surface area contributed by atoms with E-state index in [2.05, 4.69) is 59.6 Å². The van der Waals surface area contributed by atoms with Crippen LogP contribution in [-0.2, 0) is 4.79 Å². The van der Waals surface area contributed by atoms with Gasteiger partial charge >= 0.3 is 0 Å². The number of nitrogens with zero attached hydrogens (tertiary/aromatic N) is 4. The number of aromatic amines is 1. The molecule has 3 aromatic rings. The smallest absolute Gasteiger partial charge is 0.236 e. The molecule has 1 fully saturated rings. The van der Waals surface area contributed by atoms with E-state index in [1.807, 2.05) is 30.2 Å². The molecule has 1 N–H and O–H groups in total. The summed E-state index contributed by atoms with van der Waals surface area (Å²) in [6.45, 7) is 10.2.